The average molecular weight is 365 g/mol. The first-order valence-corrected chi connectivity index (χ1v) is 7.50. The van der Waals surface area contributed by atoms with Crippen molar-refractivity contribution in [2.45, 2.75) is 0 Å². The molecule has 0 spiro atoms. The van der Waals surface area contributed by atoms with Crippen molar-refractivity contribution >= 4 is 23.7 Å². The van der Waals surface area contributed by atoms with Gasteiger partial charge in [-0.15, -0.1) is 0 Å². The largest absolute Gasteiger partial charge is 0.503 e. The van der Waals surface area contributed by atoms with E-state index in [0.717, 1.165) is 0 Å². The molecule has 0 atom stereocenters. The van der Waals surface area contributed by atoms with Crippen LogP contribution in [0.25, 0.3) is 0 Å². The lowest BCUT2D eigenvalue weighted by Gasteiger charge is -2.09. The van der Waals surface area contributed by atoms with E-state index in [4.69, 9.17) is 25.8 Å². The Morgan fingerprint density at radius 1 is 1.12 bits per heavy atom. The fourth-order valence-electron chi connectivity index (χ4n) is 2.04. The fraction of sp³-hybridized carbons (Fsp3) is 0.176. The van der Waals surface area contributed by atoms with Crippen molar-refractivity contribution in [3.05, 3.63) is 46.5 Å². The maximum absolute atomic E-state index is 12.2. The van der Waals surface area contributed by atoms with E-state index in [9.17, 15) is 9.90 Å². The van der Waals surface area contributed by atoms with Gasteiger partial charge in [0.25, 0.3) is 5.91 Å². The minimum atomic E-state index is -0.451. The number of carbonyl (C=O) groups is 1. The van der Waals surface area contributed by atoms with Crippen molar-refractivity contribution in [3.63, 3.8) is 0 Å². The molecule has 2 N–H and O–H groups in total. The van der Waals surface area contributed by atoms with Crippen LogP contribution in [0.4, 0.5) is 0 Å². The lowest BCUT2D eigenvalue weighted by molar-refractivity contribution is 0.0952. The second-order valence-electron chi connectivity index (χ2n) is 4.82. The summed E-state index contributed by atoms with van der Waals surface area (Å²) in [5.74, 6) is 0.530. The third-order valence-electron chi connectivity index (χ3n) is 3.30. The molecule has 7 nitrogen and oxygen atoms in total. The first-order chi connectivity index (χ1) is 12.0. The number of hydrogen-bond donors (Lipinski definition) is 2. The molecule has 2 rings (SSSR count). The zero-order valence-electron chi connectivity index (χ0n) is 13.9. The fourth-order valence-corrected chi connectivity index (χ4v) is 2.25. The first-order valence-electron chi connectivity index (χ1n) is 7.12. The van der Waals surface area contributed by atoms with E-state index in [1.807, 2.05) is 0 Å². The average Bonchev–Trinajstić information content (AvgIpc) is 2.63. The number of benzene rings is 2. The minimum absolute atomic E-state index is 0.115. The number of carbonyl (C=O) groups excluding carboxylic acids is 1. The van der Waals surface area contributed by atoms with Crippen molar-refractivity contribution < 1.29 is 24.1 Å². The summed E-state index contributed by atoms with van der Waals surface area (Å²) in [7, 11) is 4.39. The van der Waals surface area contributed by atoms with E-state index in [1.165, 1.54) is 39.7 Å². The van der Waals surface area contributed by atoms with Crippen LogP contribution in [0.5, 0.6) is 23.0 Å². The standard InChI is InChI=1S/C17H17ClN2O5/c1-23-11-4-5-12(14(8-11)24-2)17(22)20-19-9-10-6-13(18)16(21)15(7-10)25-3/h4-9,21H,1-3H3,(H,20,22). The van der Waals surface area contributed by atoms with Gasteiger partial charge in [0, 0.05) is 6.07 Å². The number of phenolic OH excluding ortho intramolecular Hbond substituents is 1. The Bertz CT molecular complexity index is 808. The number of rotatable bonds is 6. The van der Waals surface area contributed by atoms with Crippen LogP contribution in [0.1, 0.15) is 15.9 Å². The van der Waals surface area contributed by atoms with Crippen LogP contribution in [-0.4, -0.2) is 38.6 Å². The minimum Gasteiger partial charge on any atom is -0.503 e. The molecule has 0 aliphatic heterocycles. The molecular formula is C17H17ClN2O5. The van der Waals surface area contributed by atoms with Crippen molar-refractivity contribution in [2.24, 2.45) is 5.10 Å². The molecule has 0 fully saturated rings. The topological polar surface area (TPSA) is 89.4 Å². The highest BCUT2D eigenvalue weighted by Crippen LogP contribution is 2.34. The van der Waals surface area contributed by atoms with E-state index in [2.05, 4.69) is 10.5 Å². The van der Waals surface area contributed by atoms with Crippen LogP contribution in [-0.2, 0) is 0 Å². The van der Waals surface area contributed by atoms with E-state index < -0.39 is 5.91 Å². The molecule has 0 heterocycles. The Morgan fingerprint density at radius 3 is 2.48 bits per heavy atom. The molecular weight excluding hydrogens is 348 g/mol. The number of ether oxygens (including phenoxy) is 3. The molecule has 25 heavy (non-hydrogen) atoms. The van der Waals surface area contributed by atoms with Crippen LogP contribution < -0.4 is 19.6 Å². The predicted molar refractivity (Wildman–Crippen MR) is 94.3 cm³/mol. The molecule has 0 saturated heterocycles. The van der Waals surface area contributed by atoms with Crippen LogP contribution in [0, 0.1) is 0 Å². The zero-order valence-corrected chi connectivity index (χ0v) is 14.6. The number of phenols is 1. The van der Waals surface area contributed by atoms with Gasteiger partial charge in [-0.2, -0.15) is 5.10 Å². The van der Waals surface area contributed by atoms with Gasteiger partial charge in [0.1, 0.15) is 11.5 Å². The van der Waals surface area contributed by atoms with Gasteiger partial charge in [-0.3, -0.25) is 4.79 Å². The second-order valence-corrected chi connectivity index (χ2v) is 5.23. The lowest BCUT2D eigenvalue weighted by Crippen LogP contribution is -2.18. The van der Waals surface area contributed by atoms with Crippen molar-refractivity contribution in [1.82, 2.24) is 5.43 Å². The number of halogens is 1. The first kappa shape index (κ1) is 18.4. The Balaban J connectivity index is 2.15. The molecule has 0 aliphatic carbocycles. The van der Waals surface area contributed by atoms with Gasteiger partial charge in [-0.05, 0) is 29.8 Å². The van der Waals surface area contributed by atoms with Gasteiger partial charge in [0.15, 0.2) is 11.5 Å². The zero-order chi connectivity index (χ0) is 18.4. The highest BCUT2D eigenvalue weighted by atomic mass is 35.5. The Hall–Kier alpha value is -2.93. The summed E-state index contributed by atoms with van der Waals surface area (Å²) in [6.07, 6.45) is 1.38. The normalized spacial score (nSPS) is 10.6. The second kappa shape index (κ2) is 8.25. The van der Waals surface area contributed by atoms with Crippen LogP contribution in [0.15, 0.2) is 35.4 Å². The van der Waals surface area contributed by atoms with Gasteiger partial charge < -0.3 is 19.3 Å². The summed E-state index contributed by atoms with van der Waals surface area (Å²) in [6.45, 7) is 0. The summed E-state index contributed by atoms with van der Waals surface area (Å²) < 4.78 is 15.3. The molecule has 0 aromatic heterocycles. The van der Waals surface area contributed by atoms with Gasteiger partial charge in [0.2, 0.25) is 0 Å². The van der Waals surface area contributed by atoms with E-state index in [1.54, 1.807) is 18.2 Å². The molecule has 0 aliphatic rings. The SMILES string of the molecule is COc1ccc(C(=O)NN=Cc2cc(Cl)c(O)c(OC)c2)c(OC)c1. The number of hydrazone groups is 1. The van der Waals surface area contributed by atoms with Crippen molar-refractivity contribution in [1.29, 1.82) is 0 Å². The number of nitrogens with zero attached hydrogens (tertiary/aromatic N) is 1. The number of hydrogen-bond acceptors (Lipinski definition) is 6. The molecule has 0 radical (unpaired) electrons. The van der Waals surface area contributed by atoms with E-state index in [0.29, 0.717) is 22.6 Å². The van der Waals surface area contributed by atoms with E-state index >= 15 is 0 Å². The van der Waals surface area contributed by atoms with E-state index in [-0.39, 0.29) is 16.5 Å². The molecule has 0 bridgehead atoms. The smallest absolute Gasteiger partial charge is 0.275 e. The van der Waals surface area contributed by atoms with Gasteiger partial charge >= 0.3 is 0 Å². The maximum atomic E-state index is 12.2. The summed E-state index contributed by atoms with van der Waals surface area (Å²) in [5, 5.41) is 13.7. The quantitative estimate of drug-likeness (QED) is 0.607. The molecule has 8 heteroatoms. The van der Waals surface area contributed by atoms with Crippen molar-refractivity contribution in [2.75, 3.05) is 21.3 Å². The number of aromatic hydroxyl groups is 1. The Labute approximate surface area is 149 Å². The molecule has 2 aromatic carbocycles. The number of nitrogens with one attached hydrogen (secondary N) is 1. The monoisotopic (exact) mass is 364 g/mol. The Kier molecular flexibility index (Phi) is 6.08. The molecule has 132 valence electrons. The van der Waals surface area contributed by atoms with Gasteiger partial charge in [0.05, 0.1) is 38.1 Å². The molecule has 2 aromatic rings. The summed E-state index contributed by atoms with van der Waals surface area (Å²) in [5.41, 5.74) is 3.24. The van der Waals surface area contributed by atoms with Gasteiger partial charge in [-0.1, -0.05) is 11.6 Å². The molecule has 1 amide bonds. The van der Waals surface area contributed by atoms with Crippen LogP contribution in [0.2, 0.25) is 5.02 Å². The highest BCUT2D eigenvalue weighted by molar-refractivity contribution is 6.32. The van der Waals surface area contributed by atoms with Crippen molar-refractivity contribution in [3.8, 4) is 23.0 Å². The number of amides is 1. The highest BCUT2D eigenvalue weighted by Gasteiger charge is 2.13. The molecule has 0 saturated carbocycles. The third-order valence-corrected chi connectivity index (χ3v) is 3.59. The van der Waals surface area contributed by atoms with Crippen LogP contribution in [0.3, 0.4) is 0 Å². The predicted octanol–water partition coefficient (Wildman–Crippen LogP) is 2.84. The third kappa shape index (κ3) is 4.33. The Morgan fingerprint density at radius 2 is 1.84 bits per heavy atom. The number of methoxy groups -OCH3 is 3. The lowest BCUT2D eigenvalue weighted by atomic mass is 10.2. The summed E-state index contributed by atoms with van der Waals surface area (Å²) in [4.78, 5) is 12.2. The molecule has 0 unspecified atom stereocenters. The van der Waals surface area contributed by atoms with Gasteiger partial charge in [-0.25, -0.2) is 5.43 Å². The summed E-state index contributed by atoms with van der Waals surface area (Å²) in [6, 6.07) is 7.84. The summed E-state index contributed by atoms with van der Waals surface area (Å²) >= 11 is 5.90. The van der Waals surface area contributed by atoms with Crippen LogP contribution >= 0.6 is 11.6 Å². The maximum Gasteiger partial charge on any atom is 0.275 e.